The molecule has 1 fully saturated rings. The summed E-state index contributed by atoms with van der Waals surface area (Å²) in [4.78, 5) is 8.73. The van der Waals surface area contributed by atoms with Gasteiger partial charge in [0.2, 0.25) is 0 Å². The minimum Gasteiger partial charge on any atom is -0.378 e. The summed E-state index contributed by atoms with van der Waals surface area (Å²) in [5.74, 6) is 0.904. The standard InChI is InChI=1S/C13H21N3O/c1-10-9-15-11(2)13(16-10)14-7-6-12-5-3-4-8-17-12/h9,12H,3-8H2,1-2H3,(H,14,16). The first-order chi connectivity index (χ1) is 8.25. The molecule has 1 aromatic heterocycles. The monoisotopic (exact) mass is 235 g/mol. The molecule has 2 heterocycles. The van der Waals surface area contributed by atoms with Crippen LogP contribution in [-0.2, 0) is 4.74 Å². The van der Waals surface area contributed by atoms with Crippen LogP contribution in [0.2, 0.25) is 0 Å². The largest absolute Gasteiger partial charge is 0.378 e. The SMILES string of the molecule is Cc1cnc(C)c(NCCC2CCCCO2)n1. The summed E-state index contributed by atoms with van der Waals surface area (Å²) in [6.07, 6.45) is 6.98. The molecule has 1 saturated heterocycles. The zero-order valence-electron chi connectivity index (χ0n) is 10.7. The molecule has 0 saturated carbocycles. The van der Waals surface area contributed by atoms with Crippen LogP contribution in [0.1, 0.15) is 37.1 Å². The van der Waals surface area contributed by atoms with Crippen LogP contribution in [-0.4, -0.2) is 29.2 Å². The van der Waals surface area contributed by atoms with E-state index in [2.05, 4.69) is 15.3 Å². The second kappa shape index (κ2) is 5.96. The molecule has 0 aromatic carbocycles. The zero-order chi connectivity index (χ0) is 12.1. The van der Waals surface area contributed by atoms with E-state index in [0.717, 1.165) is 36.8 Å². The Balaban J connectivity index is 1.79. The summed E-state index contributed by atoms with van der Waals surface area (Å²) in [6, 6.07) is 0. The smallest absolute Gasteiger partial charge is 0.147 e. The lowest BCUT2D eigenvalue weighted by Crippen LogP contribution is -2.22. The molecule has 0 aliphatic carbocycles. The van der Waals surface area contributed by atoms with Crippen molar-refractivity contribution in [2.45, 2.75) is 45.6 Å². The van der Waals surface area contributed by atoms with E-state index in [1.54, 1.807) is 6.20 Å². The molecule has 0 bridgehead atoms. The number of rotatable bonds is 4. The predicted octanol–water partition coefficient (Wildman–Crippen LogP) is 2.46. The second-order valence-corrected chi connectivity index (χ2v) is 4.65. The Hall–Kier alpha value is -1.16. The third-order valence-electron chi connectivity index (χ3n) is 3.11. The Morgan fingerprint density at radius 1 is 1.41 bits per heavy atom. The third kappa shape index (κ3) is 3.66. The minimum absolute atomic E-state index is 0.425. The highest BCUT2D eigenvalue weighted by Gasteiger charge is 2.13. The van der Waals surface area contributed by atoms with Crippen LogP contribution in [0.5, 0.6) is 0 Å². The Kier molecular flexibility index (Phi) is 4.31. The first-order valence-corrected chi connectivity index (χ1v) is 6.41. The number of nitrogens with zero attached hydrogens (tertiary/aromatic N) is 2. The van der Waals surface area contributed by atoms with Crippen molar-refractivity contribution in [2.75, 3.05) is 18.5 Å². The van der Waals surface area contributed by atoms with Crippen LogP contribution >= 0.6 is 0 Å². The highest BCUT2D eigenvalue weighted by atomic mass is 16.5. The van der Waals surface area contributed by atoms with Crippen LogP contribution in [0.25, 0.3) is 0 Å². The predicted molar refractivity (Wildman–Crippen MR) is 68.2 cm³/mol. The van der Waals surface area contributed by atoms with Crippen molar-refractivity contribution in [3.8, 4) is 0 Å². The average molecular weight is 235 g/mol. The van der Waals surface area contributed by atoms with Gasteiger partial charge >= 0.3 is 0 Å². The lowest BCUT2D eigenvalue weighted by atomic mass is 10.1. The van der Waals surface area contributed by atoms with Crippen molar-refractivity contribution in [2.24, 2.45) is 0 Å². The van der Waals surface area contributed by atoms with Gasteiger partial charge in [0.15, 0.2) is 0 Å². The van der Waals surface area contributed by atoms with Gasteiger partial charge in [0.25, 0.3) is 0 Å². The van der Waals surface area contributed by atoms with E-state index in [-0.39, 0.29) is 0 Å². The first-order valence-electron chi connectivity index (χ1n) is 6.41. The molecule has 2 rings (SSSR count). The molecule has 1 aliphatic rings. The van der Waals surface area contributed by atoms with Gasteiger partial charge in [0, 0.05) is 19.3 Å². The van der Waals surface area contributed by atoms with Crippen molar-refractivity contribution in [1.29, 1.82) is 0 Å². The van der Waals surface area contributed by atoms with Crippen molar-refractivity contribution in [3.05, 3.63) is 17.6 Å². The zero-order valence-corrected chi connectivity index (χ0v) is 10.7. The summed E-state index contributed by atoms with van der Waals surface area (Å²) >= 11 is 0. The summed E-state index contributed by atoms with van der Waals surface area (Å²) in [5.41, 5.74) is 1.91. The number of hydrogen-bond acceptors (Lipinski definition) is 4. The second-order valence-electron chi connectivity index (χ2n) is 4.65. The van der Waals surface area contributed by atoms with Gasteiger partial charge in [-0.25, -0.2) is 4.98 Å². The number of anilines is 1. The lowest BCUT2D eigenvalue weighted by Gasteiger charge is -2.22. The minimum atomic E-state index is 0.425. The van der Waals surface area contributed by atoms with Gasteiger partial charge in [-0.15, -0.1) is 0 Å². The molecule has 1 aliphatic heterocycles. The maximum atomic E-state index is 5.69. The molecule has 0 spiro atoms. The number of nitrogens with one attached hydrogen (secondary N) is 1. The molecule has 94 valence electrons. The van der Waals surface area contributed by atoms with Crippen LogP contribution in [0.4, 0.5) is 5.82 Å². The highest BCUT2D eigenvalue weighted by Crippen LogP contribution is 2.16. The van der Waals surface area contributed by atoms with Gasteiger partial charge in [-0.05, 0) is 39.5 Å². The summed E-state index contributed by atoms with van der Waals surface area (Å²) in [6.45, 7) is 5.77. The fourth-order valence-electron chi connectivity index (χ4n) is 2.09. The normalized spacial score (nSPS) is 20.2. The topological polar surface area (TPSA) is 47.0 Å². The molecule has 1 atom stereocenters. The van der Waals surface area contributed by atoms with E-state index in [0.29, 0.717) is 6.10 Å². The summed E-state index contributed by atoms with van der Waals surface area (Å²) in [7, 11) is 0. The van der Waals surface area contributed by atoms with Crippen LogP contribution in [0.15, 0.2) is 6.20 Å². The Bertz CT molecular complexity index is 362. The maximum Gasteiger partial charge on any atom is 0.147 e. The fourth-order valence-corrected chi connectivity index (χ4v) is 2.09. The third-order valence-corrected chi connectivity index (χ3v) is 3.11. The molecular formula is C13H21N3O. The molecule has 17 heavy (non-hydrogen) atoms. The van der Waals surface area contributed by atoms with E-state index >= 15 is 0 Å². The quantitative estimate of drug-likeness (QED) is 0.871. The molecule has 0 amide bonds. The van der Waals surface area contributed by atoms with E-state index in [1.165, 1.54) is 19.3 Å². The molecule has 4 nitrogen and oxygen atoms in total. The molecule has 4 heteroatoms. The molecule has 1 N–H and O–H groups in total. The first kappa shape index (κ1) is 12.3. The number of aromatic nitrogens is 2. The Labute approximate surface area is 103 Å². The Morgan fingerprint density at radius 2 is 2.29 bits per heavy atom. The average Bonchev–Trinajstić information content (AvgIpc) is 2.35. The Morgan fingerprint density at radius 3 is 3.06 bits per heavy atom. The van der Waals surface area contributed by atoms with Gasteiger partial charge < -0.3 is 10.1 Å². The van der Waals surface area contributed by atoms with Crippen LogP contribution < -0.4 is 5.32 Å². The van der Waals surface area contributed by atoms with E-state index < -0.39 is 0 Å². The van der Waals surface area contributed by atoms with Crippen molar-refractivity contribution >= 4 is 5.82 Å². The van der Waals surface area contributed by atoms with Crippen LogP contribution in [0.3, 0.4) is 0 Å². The van der Waals surface area contributed by atoms with Gasteiger partial charge in [-0.2, -0.15) is 0 Å². The molecule has 1 unspecified atom stereocenters. The van der Waals surface area contributed by atoms with Gasteiger partial charge in [0.05, 0.1) is 17.5 Å². The van der Waals surface area contributed by atoms with Gasteiger partial charge in [-0.1, -0.05) is 0 Å². The lowest BCUT2D eigenvalue weighted by molar-refractivity contribution is 0.0134. The van der Waals surface area contributed by atoms with Crippen LogP contribution in [0, 0.1) is 13.8 Å². The summed E-state index contributed by atoms with van der Waals surface area (Å²) in [5, 5.41) is 3.35. The molecule has 0 radical (unpaired) electrons. The molecule has 1 aromatic rings. The van der Waals surface area contributed by atoms with Crippen molar-refractivity contribution in [3.63, 3.8) is 0 Å². The number of aryl methyl sites for hydroxylation is 2. The van der Waals surface area contributed by atoms with Gasteiger partial charge in [0.1, 0.15) is 5.82 Å². The van der Waals surface area contributed by atoms with Crippen molar-refractivity contribution < 1.29 is 4.74 Å². The van der Waals surface area contributed by atoms with Gasteiger partial charge in [-0.3, -0.25) is 4.98 Å². The van der Waals surface area contributed by atoms with E-state index in [4.69, 9.17) is 4.74 Å². The highest BCUT2D eigenvalue weighted by molar-refractivity contribution is 5.39. The molecular weight excluding hydrogens is 214 g/mol. The summed E-state index contributed by atoms with van der Waals surface area (Å²) < 4.78 is 5.69. The number of ether oxygens (including phenoxy) is 1. The van der Waals surface area contributed by atoms with E-state index in [1.807, 2.05) is 13.8 Å². The maximum absolute atomic E-state index is 5.69. The van der Waals surface area contributed by atoms with E-state index in [9.17, 15) is 0 Å². The number of hydrogen-bond donors (Lipinski definition) is 1. The van der Waals surface area contributed by atoms with Crippen molar-refractivity contribution in [1.82, 2.24) is 9.97 Å². The fraction of sp³-hybridized carbons (Fsp3) is 0.692.